The molecule has 0 saturated carbocycles. The maximum atomic E-state index is 13.6. The van der Waals surface area contributed by atoms with E-state index in [-0.39, 0.29) is 11.6 Å². The quantitative estimate of drug-likeness (QED) is 0.606. The summed E-state index contributed by atoms with van der Waals surface area (Å²) in [6, 6.07) is 16.2. The molecule has 2 aromatic carbocycles. The van der Waals surface area contributed by atoms with Gasteiger partial charge in [-0.15, -0.1) is 0 Å². The molecule has 1 aliphatic heterocycles. The standard InChI is InChI=1S/C25H27ClN4O4/c1-25(2,3)34-24(33)29-15-13-28(14-16-29)22(31)20-21(18-11-7-8-12-19(18)26)30(23(32)27-20)17-9-5-4-6-10-17/h4-12H,13-16H2,1-3H3,(H,27,32). The number of nitrogens with one attached hydrogen (secondary N) is 1. The van der Waals surface area contributed by atoms with Crippen LogP contribution in [0.2, 0.25) is 5.02 Å². The fraction of sp³-hybridized carbons (Fsp3) is 0.320. The van der Waals surface area contributed by atoms with E-state index in [1.54, 1.807) is 40.1 Å². The molecule has 1 aromatic heterocycles. The van der Waals surface area contributed by atoms with Crippen LogP contribution in [0.5, 0.6) is 0 Å². The van der Waals surface area contributed by atoms with Crippen LogP contribution < -0.4 is 5.69 Å². The van der Waals surface area contributed by atoms with Gasteiger partial charge >= 0.3 is 11.8 Å². The van der Waals surface area contributed by atoms with Gasteiger partial charge in [-0.1, -0.05) is 48.0 Å². The molecule has 1 fully saturated rings. The minimum Gasteiger partial charge on any atom is -0.444 e. The van der Waals surface area contributed by atoms with Crippen LogP contribution in [-0.4, -0.2) is 63.1 Å². The van der Waals surface area contributed by atoms with Gasteiger partial charge in [-0.2, -0.15) is 0 Å². The number of aromatic amines is 1. The lowest BCUT2D eigenvalue weighted by Gasteiger charge is -2.35. The molecule has 0 spiro atoms. The summed E-state index contributed by atoms with van der Waals surface area (Å²) in [5, 5.41) is 0.426. The van der Waals surface area contributed by atoms with Gasteiger partial charge < -0.3 is 19.5 Å². The summed E-state index contributed by atoms with van der Waals surface area (Å²) in [4.78, 5) is 44.9. The first kappa shape index (κ1) is 23.6. The second-order valence-corrected chi connectivity index (χ2v) is 9.47. The molecule has 34 heavy (non-hydrogen) atoms. The highest BCUT2D eigenvalue weighted by molar-refractivity contribution is 6.33. The summed E-state index contributed by atoms with van der Waals surface area (Å²) in [7, 11) is 0. The van der Waals surface area contributed by atoms with E-state index in [9.17, 15) is 14.4 Å². The van der Waals surface area contributed by atoms with E-state index in [1.165, 1.54) is 4.57 Å². The number of rotatable bonds is 3. The number of hydrogen-bond donors (Lipinski definition) is 1. The van der Waals surface area contributed by atoms with Crippen LogP contribution in [0.15, 0.2) is 59.4 Å². The average Bonchev–Trinajstić information content (AvgIpc) is 3.15. The van der Waals surface area contributed by atoms with Crippen LogP contribution >= 0.6 is 11.6 Å². The molecule has 9 heteroatoms. The Balaban J connectivity index is 1.66. The molecule has 0 atom stereocenters. The zero-order valence-corrected chi connectivity index (χ0v) is 20.1. The summed E-state index contributed by atoms with van der Waals surface area (Å²) in [6.07, 6.45) is -0.403. The molecule has 3 aromatic rings. The van der Waals surface area contributed by atoms with Gasteiger partial charge in [0.2, 0.25) is 0 Å². The lowest BCUT2D eigenvalue weighted by Crippen LogP contribution is -2.51. The first-order valence-corrected chi connectivity index (χ1v) is 11.5. The Bertz CT molecular complexity index is 1250. The van der Waals surface area contributed by atoms with Crippen molar-refractivity contribution >= 4 is 23.6 Å². The van der Waals surface area contributed by atoms with Gasteiger partial charge in [0.15, 0.2) is 0 Å². The number of H-pyrrole nitrogens is 1. The van der Waals surface area contributed by atoms with Crippen LogP contribution in [-0.2, 0) is 4.74 Å². The number of halogens is 1. The third kappa shape index (κ3) is 4.87. The number of benzene rings is 2. The molecule has 0 bridgehead atoms. The minimum atomic E-state index is -0.590. The van der Waals surface area contributed by atoms with Gasteiger partial charge in [-0.05, 0) is 39.0 Å². The van der Waals surface area contributed by atoms with E-state index in [4.69, 9.17) is 16.3 Å². The van der Waals surface area contributed by atoms with E-state index in [2.05, 4.69) is 4.98 Å². The fourth-order valence-electron chi connectivity index (χ4n) is 3.90. The van der Waals surface area contributed by atoms with Crippen LogP contribution in [0.3, 0.4) is 0 Å². The molecular formula is C25H27ClN4O4. The number of para-hydroxylation sites is 1. The molecule has 2 amide bonds. The van der Waals surface area contributed by atoms with Crippen LogP contribution in [0.1, 0.15) is 31.3 Å². The molecule has 1 N–H and O–H groups in total. The summed E-state index contributed by atoms with van der Waals surface area (Å²) in [5.41, 5.74) is 0.730. The number of nitrogens with zero attached hydrogens (tertiary/aromatic N) is 3. The molecule has 4 rings (SSSR count). The summed E-state index contributed by atoms with van der Waals surface area (Å²) in [5.74, 6) is -0.328. The Morgan fingerprint density at radius 1 is 0.912 bits per heavy atom. The highest BCUT2D eigenvalue weighted by Gasteiger charge is 2.31. The highest BCUT2D eigenvalue weighted by Crippen LogP contribution is 2.31. The number of carbonyl (C=O) groups is 2. The SMILES string of the molecule is CC(C)(C)OC(=O)N1CCN(C(=O)c2[nH]c(=O)n(-c3ccccc3)c2-c2ccccc2Cl)CC1. The largest absolute Gasteiger partial charge is 0.444 e. The number of aromatic nitrogens is 2. The van der Waals surface area contributed by atoms with Crippen molar-refractivity contribution in [2.24, 2.45) is 0 Å². The van der Waals surface area contributed by atoms with Crippen molar-refractivity contribution in [3.05, 3.63) is 75.8 Å². The Hall–Kier alpha value is -3.52. The van der Waals surface area contributed by atoms with Crippen molar-refractivity contribution in [3.8, 4) is 16.9 Å². The van der Waals surface area contributed by atoms with Crippen molar-refractivity contribution in [2.75, 3.05) is 26.2 Å². The number of ether oxygens (including phenoxy) is 1. The average molecular weight is 483 g/mol. The summed E-state index contributed by atoms with van der Waals surface area (Å²) in [6.45, 7) is 6.76. The van der Waals surface area contributed by atoms with Gasteiger partial charge in [-0.3, -0.25) is 9.36 Å². The van der Waals surface area contributed by atoms with Crippen molar-refractivity contribution in [3.63, 3.8) is 0 Å². The molecule has 178 valence electrons. The van der Waals surface area contributed by atoms with Gasteiger partial charge in [0.25, 0.3) is 5.91 Å². The Morgan fingerprint density at radius 2 is 1.50 bits per heavy atom. The van der Waals surface area contributed by atoms with Crippen molar-refractivity contribution in [1.29, 1.82) is 0 Å². The summed E-state index contributed by atoms with van der Waals surface area (Å²) >= 11 is 6.48. The smallest absolute Gasteiger partial charge is 0.410 e. The number of imidazole rings is 1. The topological polar surface area (TPSA) is 87.6 Å². The van der Waals surface area contributed by atoms with Crippen LogP contribution in [0.25, 0.3) is 16.9 Å². The normalized spacial score (nSPS) is 14.2. The van der Waals surface area contributed by atoms with Gasteiger partial charge in [0.1, 0.15) is 11.3 Å². The zero-order valence-electron chi connectivity index (χ0n) is 19.4. The molecule has 8 nitrogen and oxygen atoms in total. The maximum absolute atomic E-state index is 13.6. The zero-order chi connectivity index (χ0) is 24.5. The molecule has 1 saturated heterocycles. The van der Waals surface area contributed by atoms with Crippen molar-refractivity contribution in [2.45, 2.75) is 26.4 Å². The fourth-order valence-corrected chi connectivity index (χ4v) is 4.12. The van der Waals surface area contributed by atoms with E-state index < -0.39 is 17.4 Å². The van der Waals surface area contributed by atoms with Gasteiger partial charge in [-0.25, -0.2) is 9.59 Å². The molecule has 0 radical (unpaired) electrons. The van der Waals surface area contributed by atoms with E-state index in [0.717, 1.165) is 0 Å². The van der Waals surface area contributed by atoms with E-state index in [0.29, 0.717) is 48.1 Å². The predicted molar refractivity (Wildman–Crippen MR) is 131 cm³/mol. The Labute approximate surface area is 202 Å². The van der Waals surface area contributed by atoms with Crippen LogP contribution in [0.4, 0.5) is 4.79 Å². The highest BCUT2D eigenvalue weighted by atomic mass is 35.5. The van der Waals surface area contributed by atoms with Gasteiger partial charge in [0, 0.05) is 36.8 Å². The molecule has 0 unspecified atom stereocenters. The molecular weight excluding hydrogens is 456 g/mol. The predicted octanol–water partition coefficient (Wildman–Crippen LogP) is 4.18. The monoisotopic (exact) mass is 482 g/mol. The maximum Gasteiger partial charge on any atom is 0.410 e. The van der Waals surface area contributed by atoms with E-state index >= 15 is 0 Å². The van der Waals surface area contributed by atoms with Crippen molar-refractivity contribution < 1.29 is 14.3 Å². The number of carbonyl (C=O) groups excluding carboxylic acids is 2. The minimum absolute atomic E-state index is 0.160. The number of amides is 2. The first-order chi connectivity index (χ1) is 16.2. The Morgan fingerprint density at radius 3 is 2.12 bits per heavy atom. The third-order valence-electron chi connectivity index (χ3n) is 5.47. The molecule has 0 aliphatic carbocycles. The number of hydrogen-bond acceptors (Lipinski definition) is 4. The Kier molecular flexibility index (Phi) is 6.52. The van der Waals surface area contributed by atoms with E-state index in [1.807, 2.05) is 45.0 Å². The second kappa shape index (κ2) is 9.38. The van der Waals surface area contributed by atoms with Crippen LogP contribution in [0, 0.1) is 0 Å². The first-order valence-electron chi connectivity index (χ1n) is 11.1. The molecule has 2 heterocycles. The lowest BCUT2D eigenvalue weighted by atomic mass is 10.1. The summed E-state index contributed by atoms with van der Waals surface area (Å²) < 4.78 is 6.90. The molecule has 1 aliphatic rings. The van der Waals surface area contributed by atoms with Gasteiger partial charge in [0.05, 0.1) is 11.4 Å². The third-order valence-corrected chi connectivity index (χ3v) is 5.80. The number of piperazine rings is 1. The lowest BCUT2D eigenvalue weighted by molar-refractivity contribution is 0.0140. The second-order valence-electron chi connectivity index (χ2n) is 9.06. The van der Waals surface area contributed by atoms with Crippen molar-refractivity contribution in [1.82, 2.24) is 19.4 Å².